The Bertz CT molecular complexity index is 990. The fraction of sp³-hybridized carbons (Fsp3) is 0.423. The summed E-state index contributed by atoms with van der Waals surface area (Å²) < 4.78 is 10.9. The molecule has 0 saturated heterocycles. The molecule has 0 heterocycles. The quantitative estimate of drug-likeness (QED) is 0.465. The van der Waals surface area contributed by atoms with E-state index in [1.807, 2.05) is 24.3 Å². The number of carboxylic acids is 1. The number of amides is 2. The van der Waals surface area contributed by atoms with Gasteiger partial charge >= 0.3 is 12.1 Å². The van der Waals surface area contributed by atoms with E-state index in [-0.39, 0.29) is 51.2 Å². The highest BCUT2D eigenvalue weighted by Gasteiger charge is 2.29. The second-order valence-corrected chi connectivity index (χ2v) is 8.73. The van der Waals surface area contributed by atoms with Crippen LogP contribution in [0.15, 0.2) is 48.5 Å². The molecular weight excluding hydrogens is 436 g/mol. The number of rotatable bonds is 12. The SMILES string of the molecule is O=C(O)CCN(CC1CC1)C(=O)COCCNC(=O)OCC1c2ccccc2-c2ccccc21. The van der Waals surface area contributed by atoms with Crippen molar-refractivity contribution < 1.29 is 29.0 Å². The highest BCUT2D eigenvalue weighted by atomic mass is 16.5. The average molecular weight is 467 g/mol. The Morgan fingerprint density at radius 3 is 2.26 bits per heavy atom. The zero-order valence-corrected chi connectivity index (χ0v) is 19.1. The lowest BCUT2D eigenvalue weighted by molar-refractivity contribution is -0.140. The summed E-state index contributed by atoms with van der Waals surface area (Å²) in [5.74, 6) is -0.695. The Labute approximate surface area is 198 Å². The topological polar surface area (TPSA) is 105 Å². The maximum atomic E-state index is 12.4. The van der Waals surface area contributed by atoms with E-state index in [2.05, 4.69) is 29.6 Å². The van der Waals surface area contributed by atoms with Crippen molar-refractivity contribution in [3.05, 3.63) is 59.7 Å². The first kappa shape index (κ1) is 23.8. The number of hydrogen-bond acceptors (Lipinski definition) is 5. The second kappa shape index (κ2) is 11.2. The largest absolute Gasteiger partial charge is 0.481 e. The molecule has 4 rings (SSSR count). The van der Waals surface area contributed by atoms with Crippen LogP contribution in [0.5, 0.6) is 0 Å². The van der Waals surface area contributed by atoms with Crippen LogP contribution in [-0.4, -0.2) is 67.4 Å². The van der Waals surface area contributed by atoms with E-state index in [4.69, 9.17) is 14.6 Å². The van der Waals surface area contributed by atoms with Gasteiger partial charge in [-0.15, -0.1) is 0 Å². The van der Waals surface area contributed by atoms with E-state index in [9.17, 15) is 14.4 Å². The van der Waals surface area contributed by atoms with Gasteiger partial charge in [0.15, 0.2) is 0 Å². The number of alkyl carbamates (subject to hydrolysis) is 1. The second-order valence-electron chi connectivity index (χ2n) is 8.73. The van der Waals surface area contributed by atoms with Gasteiger partial charge in [0, 0.05) is 25.6 Å². The standard InChI is InChI=1S/C26H30N2O6/c29-24(28(13-11-25(30)31)15-18-9-10-18)17-33-14-12-27-26(32)34-16-23-21-7-3-1-5-19(21)20-6-2-4-8-22(20)23/h1-8,18,23H,9-17H2,(H,27,32)(H,30,31). The molecule has 34 heavy (non-hydrogen) atoms. The van der Waals surface area contributed by atoms with Crippen LogP contribution in [0.3, 0.4) is 0 Å². The van der Waals surface area contributed by atoms with Crippen molar-refractivity contribution in [2.75, 3.05) is 39.5 Å². The van der Waals surface area contributed by atoms with Crippen LogP contribution in [0.2, 0.25) is 0 Å². The fourth-order valence-electron chi connectivity index (χ4n) is 4.29. The van der Waals surface area contributed by atoms with Gasteiger partial charge < -0.3 is 24.8 Å². The molecule has 0 aromatic heterocycles. The molecule has 2 aromatic carbocycles. The molecule has 0 bridgehead atoms. The lowest BCUT2D eigenvalue weighted by atomic mass is 9.98. The number of carbonyl (C=O) groups is 3. The predicted molar refractivity (Wildman–Crippen MR) is 125 cm³/mol. The third-order valence-corrected chi connectivity index (χ3v) is 6.21. The highest BCUT2D eigenvalue weighted by molar-refractivity contribution is 5.79. The third kappa shape index (κ3) is 6.14. The zero-order chi connectivity index (χ0) is 23.9. The number of aliphatic carboxylic acids is 1. The Kier molecular flexibility index (Phi) is 7.80. The van der Waals surface area contributed by atoms with Gasteiger partial charge in [-0.05, 0) is 41.0 Å². The van der Waals surface area contributed by atoms with Gasteiger partial charge in [-0.25, -0.2) is 4.79 Å². The average Bonchev–Trinajstić information content (AvgIpc) is 3.60. The molecule has 2 aliphatic rings. The fourth-order valence-corrected chi connectivity index (χ4v) is 4.29. The molecule has 2 N–H and O–H groups in total. The minimum absolute atomic E-state index is 0.00438. The van der Waals surface area contributed by atoms with E-state index in [0.717, 1.165) is 24.0 Å². The first-order valence-electron chi connectivity index (χ1n) is 11.7. The lowest BCUT2D eigenvalue weighted by Crippen LogP contribution is -2.38. The summed E-state index contributed by atoms with van der Waals surface area (Å²) in [6.07, 6.45) is 1.53. The molecule has 2 amide bonds. The van der Waals surface area contributed by atoms with Crippen LogP contribution in [-0.2, 0) is 19.1 Å². The van der Waals surface area contributed by atoms with E-state index in [1.54, 1.807) is 4.90 Å². The Balaban J connectivity index is 1.17. The molecule has 180 valence electrons. The molecule has 0 atom stereocenters. The summed E-state index contributed by atoms with van der Waals surface area (Å²) in [6, 6.07) is 16.3. The van der Waals surface area contributed by atoms with Crippen molar-refractivity contribution in [3.63, 3.8) is 0 Å². The Morgan fingerprint density at radius 2 is 1.65 bits per heavy atom. The van der Waals surface area contributed by atoms with Gasteiger partial charge in [-0.1, -0.05) is 48.5 Å². The number of carboxylic acid groups (broad SMARTS) is 1. The molecule has 2 aliphatic carbocycles. The third-order valence-electron chi connectivity index (χ3n) is 6.21. The number of fused-ring (bicyclic) bond motifs is 3. The first-order chi connectivity index (χ1) is 16.5. The van der Waals surface area contributed by atoms with Crippen LogP contribution in [0.25, 0.3) is 11.1 Å². The lowest BCUT2D eigenvalue weighted by Gasteiger charge is -2.21. The predicted octanol–water partition coefficient (Wildman–Crippen LogP) is 3.26. The van der Waals surface area contributed by atoms with Gasteiger partial charge in [0.2, 0.25) is 5.91 Å². The normalized spacial score (nSPS) is 14.2. The van der Waals surface area contributed by atoms with Crippen molar-refractivity contribution in [1.29, 1.82) is 0 Å². The summed E-state index contributed by atoms with van der Waals surface area (Å²) in [5, 5.41) is 11.5. The summed E-state index contributed by atoms with van der Waals surface area (Å²) >= 11 is 0. The molecule has 1 fully saturated rings. The number of nitrogens with one attached hydrogen (secondary N) is 1. The summed E-state index contributed by atoms with van der Waals surface area (Å²) in [5.41, 5.74) is 4.64. The smallest absolute Gasteiger partial charge is 0.407 e. The molecule has 0 radical (unpaired) electrons. The maximum absolute atomic E-state index is 12.4. The summed E-state index contributed by atoms with van der Waals surface area (Å²) in [6.45, 7) is 1.23. The van der Waals surface area contributed by atoms with E-state index >= 15 is 0 Å². The van der Waals surface area contributed by atoms with Crippen molar-refractivity contribution >= 4 is 18.0 Å². The zero-order valence-electron chi connectivity index (χ0n) is 19.1. The van der Waals surface area contributed by atoms with Gasteiger partial charge in [0.1, 0.15) is 13.2 Å². The maximum Gasteiger partial charge on any atom is 0.407 e. The van der Waals surface area contributed by atoms with Crippen molar-refractivity contribution in [2.45, 2.75) is 25.2 Å². The van der Waals surface area contributed by atoms with Crippen molar-refractivity contribution in [1.82, 2.24) is 10.2 Å². The molecule has 1 saturated carbocycles. The number of nitrogens with zero attached hydrogens (tertiary/aromatic N) is 1. The minimum atomic E-state index is -0.929. The van der Waals surface area contributed by atoms with Gasteiger partial charge in [0.25, 0.3) is 0 Å². The van der Waals surface area contributed by atoms with Crippen LogP contribution in [0.1, 0.15) is 36.3 Å². The highest BCUT2D eigenvalue weighted by Crippen LogP contribution is 2.44. The molecule has 0 spiro atoms. The van der Waals surface area contributed by atoms with Crippen LogP contribution < -0.4 is 5.32 Å². The van der Waals surface area contributed by atoms with Crippen LogP contribution >= 0.6 is 0 Å². The van der Waals surface area contributed by atoms with Crippen molar-refractivity contribution in [2.24, 2.45) is 5.92 Å². The number of benzene rings is 2. The van der Waals surface area contributed by atoms with Crippen LogP contribution in [0.4, 0.5) is 4.79 Å². The van der Waals surface area contributed by atoms with Gasteiger partial charge in [0.05, 0.1) is 13.0 Å². The molecule has 8 nitrogen and oxygen atoms in total. The Morgan fingerprint density at radius 1 is 1.00 bits per heavy atom. The Hall–Kier alpha value is -3.39. The molecule has 0 unspecified atom stereocenters. The van der Waals surface area contributed by atoms with Gasteiger partial charge in [-0.3, -0.25) is 9.59 Å². The van der Waals surface area contributed by atoms with E-state index < -0.39 is 12.1 Å². The van der Waals surface area contributed by atoms with Gasteiger partial charge in [-0.2, -0.15) is 0 Å². The van der Waals surface area contributed by atoms with E-state index in [1.165, 1.54) is 11.1 Å². The molecule has 8 heteroatoms. The first-order valence-corrected chi connectivity index (χ1v) is 11.7. The molecular formula is C26H30N2O6. The number of hydrogen-bond donors (Lipinski definition) is 2. The molecule has 2 aromatic rings. The van der Waals surface area contributed by atoms with E-state index in [0.29, 0.717) is 12.5 Å². The molecule has 0 aliphatic heterocycles. The summed E-state index contributed by atoms with van der Waals surface area (Å²) in [4.78, 5) is 36.9. The van der Waals surface area contributed by atoms with Crippen molar-refractivity contribution in [3.8, 4) is 11.1 Å². The number of ether oxygens (including phenoxy) is 2. The monoisotopic (exact) mass is 466 g/mol. The summed E-state index contributed by atoms with van der Waals surface area (Å²) in [7, 11) is 0. The number of carbonyl (C=O) groups excluding carboxylic acids is 2. The van der Waals surface area contributed by atoms with Crippen LogP contribution in [0, 0.1) is 5.92 Å². The minimum Gasteiger partial charge on any atom is -0.481 e.